The molecule has 2 rings (SSSR count). The fraction of sp³-hybridized carbons (Fsp3) is 0.500. The molecule has 18 heavy (non-hydrogen) atoms. The van der Waals surface area contributed by atoms with Gasteiger partial charge < -0.3 is 15.4 Å². The number of anilines is 1. The molecule has 0 radical (unpaired) electrons. The maximum absolute atomic E-state index is 11.8. The lowest BCUT2D eigenvalue weighted by molar-refractivity contribution is -0.118. The van der Waals surface area contributed by atoms with Crippen molar-refractivity contribution >= 4 is 11.6 Å². The average molecular weight is 248 g/mol. The number of rotatable bonds is 4. The highest BCUT2D eigenvalue weighted by atomic mass is 16.5. The Labute approximate surface area is 108 Å². The predicted molar refractivity (Wildman–Crippen MR) is 72.0 cm³/mol. The van der Waals surface area contributed by atoms with Crippen LogP contribution in [-0.4, -0.2) is 26.1 Å². The predicted octanol–water partition coefficient (Wildman–Crippen LogP) is 1.71. The SMILES string of the molecule is CN1C(=O)CCCc2cc(OCCCN)ccc21. The van der Waals surface area contributed by atoms with Crippen LogP contribution in [0.15, 0.2) is 18.2 Å². The lowest BCUT2D eigenvalue weighted by Crippen LogP contribution is -2.24. The van der Waals surface area contributed by atoms with Gasteiger partial charge in [0.15, 0.2) is 0 Å². The van der Waals surface area contributed by atoms with Crippen molar-refractivity contribution in [2.24, 2.45) is 5.73 Å². The first-order chi connectivity index (χ1) is 8.72. The minimum atomic E-state index is 0.186. The Hall–Kier alpha value is -1.55. The molecular weight excluding hydrogens is 228 g/mol. The minimum absolute atomic E-state index is 0.186. The Kier molecular flexibility index (Phi) is 4.20. The summed E-state index contributed by atoms with van der Waals surface area (Å²) in [5, 5.41) is 0. The molecule has 1 heterocycles. The number of nitrogens with two attached hydrogens (primary N) is 1. The third kappa shape index (κ3) is 2.82. The van der Waals surface area contributed by atoms with E-state index in [1.165, 1.54) is 5.56 Å². The molecule has 1 aliphatic heterocycles. The highest BCUT2D eigenvalue weighted by Crippen LogP contribution is 2.29. The Morgan fingerprint density at radius 3 is 3.00 bits per heavy atom. The van der Waals surface area contributed by atoms with Gasteiger partial charge in [-0.3, -0.25) is 4.79 Å². The maximum Gasteiger partial charge on any atom is 0.226 e. The van der Waals surface area contributed by atoms with Crippen LogP contribution in [0.2, 0.25) is 0 Å². The Balaban J connectivity index is 2.15. The van der Waals surface area contributed by atoms with Gasteiger partial charge >= 0.3 is 0 Å². The van der Waals surface area contributed by atoms with Crippen LogP contribution in [0.25, 0.3) is 0 Å². The summed E-state index contributed by atoms with van der Waals surface area (Å²) in [6.07, 6.45) is 3.31. The molecule has 1 aromatic carbocycles. The molecule has 0 bridgehead atoms. The van der Waals surface area contributed by atoms with Gasteiger partial charge in [-0.15, -0.1) is 0 Å². The number of ether oxygens (including phenoxy) is 1. The summed E-state index contributed by atoms with van der Waals surface area (Å²) in [6.45, 7) is 1.28. The van der Waals surface area contributed by atoms with E-state index in [0.717, 1.165) is 30.7 Å². The lowest BCUT2D eigenvalue weighted by atomic mass is 10.1. The molecule has 0 atom stereocenters. The summed E-state index contributed by atoms with van der Waals surface area (Å²) in [7, 11) is 1.83. The summed E-state index contributed by atoms with van der Waals surface area (Å²) < 4.78 is 5.63. The molecule has 0 spiro atoms. The van der Waals surface area contributed by atoms with Crippen LogP contribution in [0.5, 0.6) is 5.75 Å². The first kappa shape index (κ1) is 12.9. The van der Waals surface area contributed by atoms with Crippen LogP contribution < -0.4 is 15.4 Å². The molecule has 98 valence electrons. The van der Waals surface area contributed by atoms with Crippen molar-refractivity contribution in [1.29, 1.82) is 0 Å². The fourth-order valence-corrected chi connectivity index (χ4v) is 2.18. The number of hydrogen-bond acceptors (Lipinski definition) is 3. The molecule has 1 aromatic rings. The molecule has 4 heteroatoms. The zero-order valence-electron chi connectivity index (χ0n) is 10.8. The van der Waals surface area contributed by atoms with E-state index in [9.17, 15) is 4.79 Å². The number of carbonyl (C=O) groups is 1. The highest BCUT2D eigenvalue weighted by molar-refractivity contribution is 5.94. The smallest absolute Gasteiger partial charge is 0.226 e. The normalized spacial score (nSPS) is 15.2. The van der Waals surface area contributed by atoms with Crippen LogP contribution in [0.4, 0.5) is 5.69 Å². The fourth-order valence-electron chi connectivity index (χ4n) is 2.18. The number of hydrogen-bond donors (Lipinski definition) is 1. The van der Waals surface area contributed by atoms with E-state index >= 15 is 0 Å². The van der Waals surface area contributed by atoms with E-state index in [1.54, 1.807) is 4.90 Å². The quantitative estimate of drug-likeness (QED) is 0.825. The van der Waals surface area contributed by atoms with Crippen molar-refractivity contribution in [2.45, 2.75) is 25.7 Å². The van der Waals surface area contributed by atoms with Crippen molar-refractivity contribution in [1.82, 2.24) is 0 Å². The van der Waals surface area contributed by atoms with Gasteiger partial charge in [0.1, 0.15) is 5.75 Å². The van der Waals surface area contributed by atoms with Gasteiger partial charge in [0, 0.05) is 19.2 Å². The summed E-state index contributed by atoms with van der Waals surface area (Å²) in [5.41, 5.74) is 7.63. The monoisotopic (exact) mass is 248 g/mol. The molecule has 0 fully saturated rings. The van der Waals surface area contributed by atoms with Gasteiger partial charge in [-0.2, -0.15) is 0 Å². The zero-order valence-corrected chi connectivity index (χ0v) is 10.8. The molecule has 2 N–H and O–H groups in total. The van der Waals surface area contributed by atoms with E-state index < -0.39 is 0 Å². The van der Waals surface area contributed by atoms with Gasteiger partial charge in [0.2, 0.25) is 5.91 Å². The van der Waals surface area contributed by atoms with Gasteiger partial charge in [-0.05, 0) is 49.6 Å². The van der Waals surface area contributed by atoms with Gasteiger partial charge in [0.25, 0.3) is 0 Å². The van der Waals surface area contributed by atoms with Crippen molar-refractivity contribution < 1.29 is 9.53 Å². The summed E-state index contributed by atoms with van der Waals surface area (Å²) in [4.78, 5) is 13.5. The summed E-state index contributed by atoms with van der Waals surface area (Å²) in [5.74, 6) is 1.05. The van der Waals surface area contributed by atoms with Crippen molar-refractivity contribution in [2.75, 3.05) is 25.1 Å². The number of aryl methyl sites for hydroxylation is 1. The van der Waals surface area contributed by atoms with E-state index in [4.69, 9.17) is 10.5 Å². The molecule has 4 nitrogen and oxygen atoms in total. The first-order valence-electron chi connectivity index (χ1n) is 6.44. The second-order valence-electron chi connectivity index (χ2n) is 4.59. The molecule has 0 saturated carbocycles. The Bertz CT molecular complexity index is 432. The number of amides is 1. The van der Waals surface area contributed by atoms with E-state index in [1.807, 2.05) is 25.2 Å². The lowest BCUT2D eigenvalue weighted by Gasteiger charge is -2.18. The summed E-state index contributed by atoms with van der Waals surface area (Å²) >= 11 is 0. The third-order valence-corrected chi connectivity index (χ3v) is 3.24. The van der Waals surface area contributed by atoms with Gasteiger partial charge in [-0.1, -0.05) is 0 Å². The zero-order chi connectivity index (χ0) is 13.0. The van der Waals surface area contributed by atoms with Crippen LogP contribution in [-0.2, 0) is 11.2 Å². The Morgan fingerprint density at radius 1 is 1.39 bits per heavy atom. The van der Waals surface area contributed by atoms with Crippen LogP contribution in [0.3, 0.4) is 0 Å². The minimum Gasteiger partial charge on any atom is -0.494 e. The van der Waals surface area contributed by atoms with Crippen molar-refractivity contribution in [3.05, 3.63) is 23.8 Å². The number of nitrogens with zero attached hydrogens (tertiary/aromatic N) is 1. The molecule has 0 saturated heterocycles. The van der Waals surface area contributed by atoms with Gasteiger partial charge in [0.05, 0.1) is 6.61 Å². The maximum atomic E-state index is 11.8. The second kappa shape index (κ2) is 5.87. The summed E-state index contributed by atoms with van der Waals surface area (Å²) in [6, 6.07) is 5.93. The molecule has 0 aromatic heterocycles. The number of benzene rings is 1. The molecule has 1 aliphatic rings. The second-order valence-corrected chi connectivity index (χ2v) is 4.59. The third-order valence-electron chi connectivity index (χ3n) is 3.24. The largest absolute Gasteiger partial charge is 0.494 e. The number of fused-ring (bicyclic) bond motifs is 1. The highest BCUT2D eigenvalue weighted by Gasteiger charge is 2.18. The molecule has 1 amide bonds. The molecule has 0 unspecified atom stereocenters. The van der Waals surface area contributed by atoms with E-state index in [-0.39, 0.29) is 5.91 Å². The van der Waals surface area contributed by atoms with E-state index in [0.29, 0.717) is 19.6 Å². The average Bonchev–Trinajstić information content (AvgIpc) is 2.51. The standard InChI is InChI=1S/C14H20N2O2/c1-16-13-7-6-12(18-9-3-8-15)10-11(13)4-2-5-14(16)17/h6-7,10H,2-5,8-9,15H2,1H3. The van der Waals surface area contributed by atoms with Gasteiger partial charge in [-0.25, -0.2) is 0 Å². The van der Waals surface area contributed by atoms with Crippen molar-refractivity contribution in [3.8, 4) is 5.75 Å². The van der Waals surface area contributed by atoms with E-state index in [2.05, 4.69) is 0 Å². The first-order valence-corrected chi connectivity index (χ1v) is 6.44. The van der Waals surface area contributed by atoms with Crippen LogP contribution in [0.1, 0.15) is 24.8 Å². The topological polar surface area (TPSA) is 55.6 Å². The molecular formula is C14H20N2O2. The number of carbonyl (C=O) groups excluding carboxylic acids is 1. The molecule has 0 aliphatic carbocycles. The van der Waals surface area contributed by atoms with Crippen LogP contribution >= 0.6 is 0 Å². The van der Waals surface area contributed by atoms with Crippen molar-refractivity contribution in [3.63, 3.8) is 0 Å². The van der Waals surface area contributed by atoms with Crippen LogP contribution in [0, 0.1) is 0 Å². The Morgan fingerprint density at radius 2 is 2.22 bits per heavy atom.